The van der Waals surface area contributed by atoms with Gasteiger partial charge in [0.05, 0.1) is 0 Å². The fourth-order valence-electron chi connectivity index (χ4n) is 2.84. The molecule has 0 amide bonds. The Hall–Kier alpha value is 0.0200. The summed E-state index contributed by atoms with van der Waals surface area (Å²) in [5, 5.41) is 0.818. The van der Waals surface area contributed by atoms with E-state index < -0.39 is 0 Å². The molecule has 1 aliphatic heterocycles. The second-order valence-electron chi connectivity index (χ2n) is 4.74. The minimum absolute atomic E-state index is 0.529. The zero-order valence-corrected chi connectivity index (χ0v) is 9.81. The van der Waals surface area contributed by atoms with Crippen molar-refractivity contribution >= 4 is 17.5 Å². The minimum atomic E-state index is 0.529. The van der Waals surface area contributed by atoms with Crippen LogP contribution in [0.15, 0.2) is 0 Å². The lowest BCUT2D eigenvalue weighted by molar-refractivity contribution is -0.117. The van der Waals surface area contributed by atoms with E-state index in [1.165, 1.54) is 31.4 Å². The van der Waals surface area contributed by atoms with Crippen LogP contribution in [-0.4, -0.2) is 16.8 Å². The number of hydrogen-bond acceptors (Lipinski definition) is 2. The van der Waals surface area contributed by atoms with Gasteiger partial charge < -0.3 is 0 Å². The van der Waals surface area contributed by atoms with E-state index in [1.54, 1.807) is 0 Å². The molecule has 0 aromatic heterocycles. The van der Waals surface area contributed by atoms with Crippen molar-refractivity contribution in [1.29, 1.82) is 0 Å². The molecule has 2 rings (SSSR count). The van der Waals surface area contributed by atoms with Gasteiger partial charge in [0.15, 0.2) is 0 Å². The monoisotopic (exact) mass is 212 g/mol. The standard InChI is InChI=1S/C12H20OS/c1-2-3-4-5-12-11-7-10(13)6-9(11)8-14-12/h9,11-12H,2-8H2,1H3/t9?,11?,12-/m0/s1. The number of hydrogen-bond donors (Lipinski definition) is 0. The van der Waals surface area contributed by atoms with Crippen molar-refractivity contribution in [3.63, 3.8) is 0 Å². The van der Waals surface area contributed by atoms with Gasteiger partial charge in [-0.1, -0.05) is 26.2 Å². The first-order valence-corrected chi connectivity index (χ1v) is 6.99. The van der Waals surface area contributed by atoms with Crippen molar-refractivity contribution < 1.29 is 4.79 Å². The van der Waals surface area contributed by atoms with E-state index in [4.69, 9.17) is 0 Å². The number of Topliss-reactive ketones (excluding diaryl/α,β-unsaturated/α-hetero) is 1. The number of carbonyl (C=O) groups is 1. The lowest BCUT2D eigenvalue weighted by atomic mass is 9.92. The fraction of sp³-hybridized carbons (Fsp3) is 0.917. The van der Waals surface area contributed by atoms with Gasteiger partial charge in [-0.3, -0.25) is 4.79 Å². The summed E-state index contributed by atoms with van der Waals surface area (Å²) in [5.74, 6) is 3.29. The third kappa shape index (κ3) is 2.16. The molecule has 1 saturated carbocycles. The molecule has 2 unspecified atom stereocenters. The van der Waals surface area contributed by atoms with Crippen LogP contribution in [0, 0.1) is 11.8 Å². The molecule has 2 aliphatic rings. The summed E-state index contributed by atoms with van der Waals surface area (Å²) in [7, 11) is 0. The van der Waals surface area contributed by atoms with Crippen LogP contribution in [0.1, 0.15) is 45.4 Å². The third-order valence-corrected chi connectivity index (χ3v) is 5.29. The molecule has 2 fully saturated rings. The first-order valence-electron chi connectivity index (χ1n) is 5.94. The maximum absolute atomic E-state index is 11.3. The first kappa shape index (κ1) is 10.5. The maximum atomic E-state index is 11.3. The van der Waals surface area contributed by atoms with Crippen LogP contribution in [0.4, 0.5) is 0 Å². The number of thioether (sulfide) groups is 1. The largest absolute Gasteiger partial charge is 0.300 e. The Balaban J connectivity index is 1.80. The van der Waals surface area contributed by atoms with Crippen LogP contribution in [0.2, 0.25) is 0 Å². The summed E-state index contributed by atoms with van der Waals surface area (Å²) < 4.78 is 0. The van der Waals surface area contributed by atoms with Gasteiger partial charge in [0, 0.05) is 18.1 Å². The van der Waals surface area contributed by atoms with Crippen molar-refractivity contribution in [3.8, 4) is 0 Å². The first-order chi connectivity index (χ1) is 6.81. The smallest absolute Gasteiger partial charge is 0.133 e. The van der Waals surface area contributed by atoms with Gasteiger partial charge in [-0.2, -0.15) is 11.8 Å². The van der Waals surface area contributed by atoms with Gasteiger partial charge in [0.1, 0.15) is 5.78 Å². The molecule has 1 nitrogen and oxygen atoms in total. The summed E-state index contributed by atoms with van der Waals surface area (Å²) in [6.07, 6.45) is 7.18. The Bertz CT molecular complexity index is 214. The Kier molecular flexibility index (Phi) is 3.53. The predicted octanol–water partition coefficient (Wildman–Crippen LogP) is 3.28. The maximum Gasteiger partial charge on any atom is 0.133 e. The SMILES string of the molecule is CCCCC[C@@H]1SCC2CC(=O)CC21. The Morgan fingerprint density at radius 1 is 1.36 bits per heavy atom. The molecule has 2 heteroatoms. The highest BCUT2D eigenvalue weighted by Crippen LogP contribution is 2.47. The molecule has 0 N–H and O–H groups in total. The van der Waals surface area contributed by atoms with Crippen molar-refractivity contribution in [2.24, 2.45) is 11.8 Å². The quantitative estimate of drug-likeness (QED) is 0.665. The molecule has 0 radical (unpaired) electrons. The van der Waals surface area contributed by atoms with Crippen LogP contribution < -0.4 is 0 Å². The molecular formula is C12H20OS. The van der Waals surface area contributed by atoms with Crippen LogP contribution in [0.25, 0.3) is 0 Å². The van der Waals surface area contributed by atoms with Crippen LogP contribution >= 0.6 is 11.8 Å². The van der Waals surface area contributed by atoms with E-state index in [-0.39, 0.29) is 0 Å². The van der Waals surface area contributed by atoms with Crippen molar-refractivity contribution in [2.75, 3.05) is 5.75 Å². The molecule has 1 heterocycles. The van der Waals surface area contributed by atoms with Gasteiger partial charge in [0.2, 0.25) is 0 Å². The highest BCUT2D eigenvalue weighted by atomic mass is 32.2. The van der Waals surface area contributed by atoms with E-state index in [9.17, 15) is 4.79 Å². The summed E-state index contributed by atoms with van der Waals surface area (Å²) in [5.41, 5.74) is 0. The normalized spacial score (nSPS) is 36.4. The van der Waals surface area contributed by atoms with Gasteiger partial charge in [-0.15, -0.1) is 0 Å². The Morgan fingerprint density at radius 2 is 2.21 bits per heavy atom. The average molecular weight is 212 g/mol. The van der Waals surface area contributed by atoms with Crippen LogP contribution in [0.5, 0.6) is 0 Å². The third-order valence-electron chi connectivity index (χ3n) is 3.65. The molecule has 1 aliphatic carbocycles. The molecule has 3 atom stereocenters. The van der Waals surface area contributed by atoms with Crippen molar-refractivity contribution in [1.82, 2.24) is 0 Å². The second-order valence-corrected chi connectivity index (χ2v) is 6.01. The van der Waals surface area contributed by atoms with Crippen LogP contribution in [0.3, 0.4) is 0 Å². The molecule has 0 aromatic carbocycles. The average Bonchev–Trinajstić information content (AvgIpc) is 2.66. The number of fused-ring (bicyclic) bond motifs is 1. The number of carbonyl (C=O) groups excluding carboxylic acids is 1. The molecular weight excluding hydrogens is 192 g/mol. The lowest BCUT2D eigenvalue weighted by Gasteiger charge is -2.16. The highest BCUT2D eigenvalue weighted by Gasteiger charge is 2.42. The van der Waals surface area contributed by atoms with Crippen LogP contribution in [-0.2, 0) is 4.79 Å². The molecule has 0 aromatic rings. The highest BCUT2D eigenvalue weighted by molar-refractivity contribution is 8.00. The lowest BCUT2D eigenvalue weighted by Crippen LogP contribution is -2.13. The van der Waals surface area contributed by atoms with Gasteiger partial charge in [0.25, 0.3) is 0 Å². The zero-order chi connectivity index (χ0) is 9.97. The molecule has 80 valence electrons. The minimum Gasteiger partial charge on any atom is -0.300 e. The molecule has 0 bridgehead atoms. The number of rotatable bonds is 4. The number of ketones is 1. The Labute approximate surface area is 91.0 Å². The van der Waals surface area contributed by atoms with Crippen molar-refractivity contribution in [3.05, 3.63) is 0 Å². The van der Waals surface area contributed by atoms with E-state index in [1.807, 2.05) is 0 Å². The Morgan fingerprint density at radius 3 is 3.00 bits per heavy atom. The summed E-state index contributed by atoms with van der Waals surface area (Å²) in [6.45, 7) is 2.25. The molecule has 0 spiro atoms. The molecule has 1 saturated heterocycles. The van der Waals surface area contributed by atoms with E-state index >= 15 is 0 Å². The van der Waals surface area contributed by atoms with Gasteiger partial charge >= 0.3 is 0 Å². The zero-order valence-electron chi connectivity index (χ0n) is 9.00. The second kappa shape index (κ2) is 4.69. The molecule has 14 heavy (non-hydrogen) atoms. The summed E-state index contributed by atoms with van der Waals surface area (Å²) >= 11 is 2.13. The fourth-order valence-corrected chi connectivity index (χ4v) is 4.60. The summed E-state index contributed by atoms with van der Waals surface area (Å²) in [6, 6.07) is 0. The van der Waals surface area contributed by atoms with E-state index in [0.717, 1.165) is 29.9 Å². The van der Waals surface area contributed by atoms with E-state index in [0.29, 0.717) is 5.78 Å². The topological polar surface area (TPSA) is 17.1 Å². The predicted molar refractivity (Wildman–Crippen MR) is 61.6 cm³/mol. The number of unbranched alkanes of at least 4 members (excludes halogenated alkanes) is 2. The van der Waals surface area contributed by atoms with Gasteiger partial charge in [-0.05, 0) is 24.0 Å². The van der Waals surface area contributed by atoms with Crippen molar-refractivity contribution in [2.45, 2.75) is 50.7 Å². The van der Waals surface area contributed by atoms with Gasteiger partial charge in [-0.25, -0.2) is 0 Å². The van der Waals surface area contributed by atoms with E-state index in [2.05, 4.69) is 18.7 Å². The summed E-state index contributed by atoms with van der Waals surface area (Å²) in [4.78, 5) is 11.3.